The first-order valence-electron chi connectivity index (χ1n) is 5.59. The Morgan fingerprint density at radius 3 is 2.79 bits per heavy atom. The molecule has 0 spiro atoms. The zero-order valence-electron chi connectivity index (χ0n) is 8.37. The molecule has 1 aromatic heterocycles. The topological polar surface area (TPSA) is 24.9 Å². The maximum absolute atomic E-state index is 4.27. The molecule has 0 aromatic carbocycles. The molecule has 1 aliphatic heterocycles. The van der Waals surface area contributed by atoms with Crippen molar-refractivity contribution in [2.24, 2.45) is 0 Å². The van der Waals surface area contributed by atoms with Gasteiger partial charge in [0.05, 0.1) is 0 Å². The molecule has 2 aliphatic rings. The average molecular weight is 188 g/mol. The first-order chi connectivity index (χ1) is 6.95. The zero-order chi connectivity index (χ0) is 9.38. The lowest BCUT2D eigenvalue weighted by Crippen LogP contribution is -2.09. The molecule has 2 heteroatoms. The van der Waals surface area contributed by atoms with E-state index in [1.807, 2.05) is 6.20 Å². The Morgan fingerprint density at radius 1 is 1.14 bits per heavy atom. The molecule has 0 radical (unpaired) electrons. The largest absolute Gasteiger partial charge is 0.316 e. The summed E-state index contributed by atoms with van der Waals surface area (Å²) in [5.74, 6) is 1.58. The maximum atomic E-state index is 4.27. The fraction of sp³-hybridized carbons (Fsp3) is 0.583. The van der Waals surface area contributed by atoms with Crippen LogP contribution in [0.1, 0.15) is 42.2 Å². The fourth-order valence-electron chi connectivity index (χ4n) is 2.44. The summed E-state index contributed by atoms with van der Waals surface area (Å²) in [6, 6.07) is 2.23. The van der Waals surface area contributed by atoms with Crippen molar-refractivity contribution in [1.82, 2.24) is 10.3 Å². The summed E-state index contributed by atoms with van der Waals surface area (Å²) >= 11 is 0. The highest BCUT2D eigenvalue weighted by atomic mass is 14.9. The Bertz CT molecular complexity index is 325. The molecule has 74 valence electrons. The van der Waals surface area contributed by atoms with Crippen LogP contribution in [-0.4, -0.2) is 18.1 Å². The van der Waals surface area contributed by atoms with Gasteiger partial charge in [0.15, 0.2) is 0 Å². The Balaban J connectivity index is 1.94. The molecule has 1 unspecified atom stereocenters. The van der Waals surface area contributed by atoms with Crippen LogP contribution in [0.3, 0.4) is 0 Å². The molecule has 1 aromatic rings. The van der Waals surface area contributed by atoms with Gasteiger partial charge in [-0.05, 0) is 54.8 Å². The molecule has 2 nitrogen and oxygen atoms in total. The molecule has 1 saturated heterocycles. The van der Waals surface area contributed by atoms with Crippen molar-refractivity contribution >= 4 is 0 Å². The first kappa shape index (κ1) is 8.42. The summed E-state index contributed by atoms with van der Waals surface area (Å²) in [7, 11) is 0. The molecule has 3 rings (SSSR count). The Morgan fingerprint density at radius 2 is 2.07 bits per heavy atom. The molecule has 1 saturated carbocycles. The zero-order valence-corrected chi connectivity index (χ0v) is 8.37. The van der Waals surface area contributed by atoms with Crippen LogP contribution in [0.25, 0.3) is 0 Å². The number of nitrogens with one attached hydrogen (secondary N) is 1. The van der Waals surface area contributed by atoms with Gasteiger partial charge in [0.25, 0.3) is 0 Å². The average Bonchev–Trinajstić information content (AvgIpc) is 2.94. The van der Waals surface area contributed by atoms with Crippen molar-refractivity contribution < 1.29 is 0 Å². The summed E-state index contributed by atoms with van der Waals surface area (Å²) in [6.07, 6.45) is 8.09. The van der Waals surface area contributed by atoms with Crippen LogP contribution in [0, 0.1) is 0 Å². The third-order valence-electron chi connectivity index (χ3n) is 3.40. The lowest BCUT2D eigenvalue weighted by molar-refractivity contribution is 0.745. The van der Waals surface area contributed by atoms with Gasteiger partial charge in [0.2, 0.25) is 0 Å². The Labute approximate surface area is 84.7 Å². The minimum absolute atomic E-state index is 0.722. The molecule has 2 fully saturated rings. The van der Waals surface area contributed by atoms with Crippen LogP contribution in [0.2, 0.25) is 0 Å². The van der Waals surface area contributed by atoms with E-state index in [-0.39, 0.29) is 0 Å². The van der Waals surface area contributed by atoms with Gasteiger partial charge in [0.1, 0.15) is 0 Å². The van der Waals surface area contributed by atoms with Crippen molar-refractivity contribution in [3.8, 4) is 0 Å². The lowest BCUT2D eigenvalue weighted by Gasteiger charge is -2.13. The summed E-state index contributed by atoms with van der Waals surface area (Å²) in [6.45, 7) is 2.31. The van der Waals surface area contributed by atoms with E-state index in [9.17, 15) is 0 Å². The van der Waals surface area contributed by atoms with Gasteiger partial charge >= 0.3 is 0 Å². The second-order valence-corrected chi connectivity index (χ2v) is 4.47. The van der Waals surface area contributed by atoms with Crippen molar-refractivity contribution in [3.63, 3.8) is 0 Å². The van der Waals surface area contributed by atoms with Crippen LogP contribution < -0.4 is 5.32 Å². The van der Waals surface area contributed by atoms with Gasteiger partial charge in [-0.25, -0.2) is 0 Å². The number of nitrogens with zero attached hydrogens (tertiary/aromatic N) is 1. The van der Waals surface area contributed by atoms with Crippen LogP contribution in [-0.2, 0) is 0 Å². The minimum atomic E-state index is 0.722. The molecular weight excluding hydrogens is 172 g/mol. The van der Waals surface area contributed by atoms with Gasteiger partial charge in [0, 0.05) is 18.9 Å². The van der Waals surface area contributed by atoms with Gasteiger partial charge in [-0.1, -0.05) is 0 Å². The quantitative estimate of drug-likeness (QED) is 0.768. The smallest absolute Gasteiger partial charge is 0.0306 e. The van der Waals surface area contributed by atoms with E-state index in [1.165, 1.54) is 31.4 Å². The van der Waals surface area contributed by atoms with Crippen molar-refractivity contribution in [2.45, 2.75) is 31.1 Å². The van der Waals surface area contributed by atoms with Gasteiger partial charge in [-0.3, -0.25) is 4.98 Å². The SMILES string of the molecule is c1cc(C2CC2)c(C2CCNC2)cn1. The van der Waals surface area contributed by atoms with Crippen molar-refractivity contribution in [1.29, 1.82) is 0 Å². The first-order valence-corrected chi connectivity index (χ1v) is 5.59. The van der Waals surface area contributed by atoms with Gasteiger partial charge in [-0.2, -0.15) is 0 Å². The summed E-state index contributed by atoms with van der Waals surface area (Å²) in [4.78, 5) is 4.27. The molecular formula is C12H16N2. The number of hydrogen-bond donors (Lipinski definition) is 1. The molecule has 2 heterocycles. The summed E-state index contributed by atoms with van der Waals surface area (Å²) in [5, 5.41) is 3.43. The van der Waals surface area contributed by atoms with E-state index in [0.29, 0.717) is 0 Å². The molecule has 0 amide bonds. The fourth-order valence-corrected chi connectivity index (χ4v) is 2.44. The monoisotopic (exact) mass is 188 g/mol. The van der Waals surface area contributed by atoms with E-state index in [4.69, 9.17) is 0 Å². The van der Waals surface area contributed by atoms with Crippen molar-refractivity contribution in [2.75, 3.05) is 13.1 Å². The third-order valence-corrected chi connectivity index (χ3v) is 3.40. The lowest BCUT2D eigenvalue weighted by atomic mass is 9.93. The summed E-state index contributed by atoms with van der Waals surface area (Å²) < 4.78 is 0. The third kappa shape index (κ3) is 1.44. The Hall–Kier alpha value is -0.890. The molecule has 0 bridgehead atoms. The molecule has 14 heavy (non-hydrogen) atoms. The normalized spacial score (nSPS) is 26.7. The van der Waals surface area contributed by atoms with Crippen LogP contribution in [0.5, 0.6) is 0 Å². The van der Waals surface area contributed by atoms with Gasteiger partial charge < -0.3 is 5.32 Å². The minimum Gasteiger partial charge on any atom is -0.316 e. The van der Waals surface area contributed by atoms with E-state index in [2.05, 4.69) is 22.6 Å². The van der Waals surface area contributed by atoms with Gasteiger partial charge in [-0.15, -0.1) is 0 Å². The molecule has 1 atom stereocenters. The summed E-state index contributed by atoms with van der Waals surface area (Å²) in [5.41, 5.74) is 3.09. The highest BCUT2D eigenvalue weighted by molar-refractivity contribution is 5.34. The van der Waals surface area contributed by atoms with Crippen molar-refractivity contribution in [3.05, 3.63) is 29.6 Å². The van der Waals surface area contributed by atoms with E-state index < -0.39 is 0 Å². The number of pyridine rings is 1. The maximum Gasteiger partial charge on any atom is 0.0306 e. The van der Waals surface area contributed by atoms with E-state index >= 15 is 0 Å². The molecule has 1 N–H and O–H groups in total. The van der Waals surface area contributed by atoms with Crippen LogP contribution in [0.4, 0.5) is 0 Å². The second kappa shape index (κ2) is 3.35. The highest BCUT2D eigenvalue weighted by Crippen LogP contribution is 2.43. The van der Waals surface area contributed by atoms with E-state index in [0.717, 1.165) is 18.4 Å². The number of hydrogen-bond acceptors (Lipinski definition) is 2. The molecule has 1 aliphatic carbocycles. The highest BCUT2D eigenvalue weighted by Gasteiger charge is 2.29. The predicted octanol–water partition coefficient (Wildman–Crippen LogP) is 2.04. The Kier molecular flexibility index (Phi) is 2.02. The predicted molar refractivity (Wildman–Crippen MR) is 56.4 cm³/mol. The number of rotatable bonds is 2. The number of aromatic nitrogens is 1. The standard InChI is InChI=1S/C12H16N2/c1-2-9(1)11-4-6-14-8-12(11)10-3-5-13-7-10/h4,6,8-10,13H,1-3,5,7H2. The van der Waals surface area contributed by atoms with Crippen LogP contribution in [0.15, 0.2) is 18.5 Å². The second-order valence-electron chi connectivity index (χ2n) is 4.47. The van der Waals surface area contributed by atoms with Crippen LogP contribution >= 0.6 is 0 Å². The van der Waals surface area contributed by atoms with E-state index in [1.54, 1.807) is 5.56 Å².